The maximum atomic E-state index is 13.4. The molecule has 0 radical (unpaired) electrons. The summed E-state index contributed by atoms with van der Waals surface area (Å²) >= 11 is 0. The molecule has 1 aliphatic rings. The predicted molar refractivity (Wildman–Crippen MR) is 123 cm³/mol. The van der Waals surface area contributed by atoms with E-state index in [4.69, 9.17) is 0 Å². The average Bonchev–Trinajstić information content (AvgIpc) is 2.79. The van der Waals surface area contributed by atoms with Gasteiger partial charge in [0, 0.05) is 56.7 Å². The van der Waals surface area contributed by atoms with E-state index in [9.17, 15) is 9.18 Å². The van der Waals surface area contributed by atoms with Gasteiger partial charge in [-0.1, -0.05) is 12.1 Å². The van der Waals surface area contributed by atoms with Crippen molar-refractivity contribution in [1.29, 1.82) is 0 Å². The van der Waals surface area contributed by atoms with Gasteiger partial charge < -0.3 is 15.1 Å². The van der Waals surface area contributed by atoms with Crippen molar-refractivity contribution in [1.82, 2.24) is 20.3 Å². The number of halogens is 1. The van der Waals surface area contributed by atoms with Gasteiger partial charge in [0.05, 0.1) is 11.3 Å². The molecule has 1 N–H and O–H groups in total. The van der Waals surface area contributed by atoms with Crippen molar-refractivity contribution in [2.24, 2.45) is 0 Å². The summed E-state index contributed by atoms with van der Waals surface area (Å²) in [6, 6.07) is 11.8. The predicted octanol–water partition coefficient (Wildman–Crippen LogP) is 3.45. The summed E-state index contributed by atoms with van der Waals surface area (Å²) in [5.41, 5.74) is 2.73. The number of rotatable bonds is 5. The zero-order chi connectivity index (χ0) is 22.7. The van der Waals surface area contributed by atoms with Crippen molar-refractivity contribution < 1.29 is 9.18 Å². The van der Waals surface area contributed by atoms with Gasteiger partial charge in [0.1, 0.15) is 11.6 Å². The molecule has 166 valence electrons. The number of hydrogen-bond acceptors (Lipinski definition) is 6. The minimum Gasteiger partial charge on any atom is -0.363 e. The number of piperidine rings is 1. The number of nitrogens with one attached hydrogen (secondary N) is 1. The standard InChI is InChI=1S/C24H27FN6O/c1-16-13-22(30(2)3)29-24(27-16)31-11-9-20(10-12-31)28-23(32)18-7-8-21(26-15-18)17-5-4-6-19(25)14-17/h4-8,13-15,20H,9-12H2,1-3H3,(H,28,32). The molecule has 4 rings (SSSR count). The number of pyridine rings is 1. The van der Waals surface area contributed by atoms with E-state index in [0.717, 1.165) is 43.4 Å². The van der Waals surface area contributed by atoms with Gasteiger partial charge in [0.25, 0.3) is 5.91 Å². The van der Waals surface area contributed by atoms with Crippen LogP contribution in [0.5, 0.6) is 0 Å². The maximum absolute atomic E-state index is 13.4. The van der Waals surface area contributed by atoms with Crippen molar-refractivity contribution in [3.05, 3.63) is 65.7 Å². The lowest BCUT2D eigenvalue weighted by atomic mass is 10.0. The molecule has 1 amide bonds. The first-order valence-electron chi connectivity index (χ1n) is 10.7. The van der Waals surface area contributed by atoms with Crippen LogP contribution in [0.25, 0.3) is 11.3 Å². The fourth-order valence-electron chi connectivity index (χ4n) is 3.75. The molecule has 0 aliphatic carbocycles. The van der Waals surface area contributed by atoms with Gasteiger partial charge in [0.2, 0.25) is 5.95 Å². The van der Waals surface area contributed by atoms with Crippen molar-refractivity contribution >= 4 is 17.7 Å². The Morgan fingerprint density at radius 2 is 1.91 bits per heavy atom. The van der Waals surface area contributed by atoms with E-state index in [1.807, 2.05) is 32.0 Å². The Morgan fingerprint density at radius 1 is 1.12 bits per heavy atom. The summed E-state index contributed by atoms with van der Waals surface area (Å²) in [6.45, 7) is 3.52. The number of hydrogen-bond donors (Lipinski definition) is 1. The molecule has 2 aromatic heterocycles. The molecule has 0 bridgehead atoms. The van der Waals surface area contributed by atoms with Crippen LogP contribution in [-0.4, -0.2) is 54.1 Å². The minimum atomic E-state index is -0.313. The van der Waals surface area contributed by atoms with Crippen molar-refractivity contribution in [3.8, 4) is 11.3 Å². The van der Waals surface area contributed by atoms with Gasteiger partial charge in [-0.3, -0.25) is 9.78 Å². The topological polar surface area (TPSA) is 74.2 Å². The van der Waals surface area contributed by atoms with E-state index in [-0.39, 0.29) is 17.8 Å². The maximum Gasteiger partial charge on any atom is 0.253 e. The van der Waals surface area contributed by atoms with E-state index in [2.05, 4.69) is 25.2 Å². The zero-order valence-corrected chi connectivity index (χ0v) is 18.5. The van der Waals surface area contributed by atoms with E-state index in [0.29, 0.717) is 16.8 Å². The first-order valence-corrected chi connectivity index (χ1v) is 10.7. The molecule has 0 spiro atoms. The van der Waals surface area contributed by atoms with E-state index in [1.165, 1.54) is 18.3 Å². The second-order valence-corrected chi connectivity index (χ2v) is 8.24. The molecule has 1 aromatic carbocycles. The van der Waals surface area contributed by atoms with E-state index in [1.54, 1.807) is 24.3 Å². The first kappa shape index (κ1) is 21.7. The molecule has 0 saturated carbocycles. The highest BCUT2D eigenvalue weighted by Crippen LogP contribution is 2.21. The van der Waals surface area contributed by atoms with Gasteiger partial charge in [-0.15, -0.1) is 0 Å². The van der Waals surface area contributed by atoms with Crippen molar-refractivity contribution in [2.75, 3.05) is 37.0 Å². The molecule has 1 fully saturated rings. The van der Waals surface area contributed by atoms with Crippen LogP contribution in [0.3, 0.4) is 0 Å². The van der Waals surface area contributed by atoms with Crippen LogP contribution in [0.1, 0.15) is 28.9 Å². The van der Waals surface area contributed by atoms with Crippen LogP contribution < -0.4 is 15.1 Å². The molecule has 8 heteroatoms. The van der Waals surface area contributed by atoms with Crippen LogP contribution in [0.15, 0.2) is 48.7 Å². The molecule has 1 aliphatic heterocycles. The van der Waals surface area contributed by atoms with Gasteiger partial charge in [-0.2, -0.15) is 4.98 Å². The molecular formula is C24H27FN6O. The Kier molecular flexibility index (Phi) is 6.30. The van der Waals surface area contributed by atoms with E-state index >= 15 is 0 Å². The lowest BCUT2D eigenvalue weighted by Crippen LogP contribution is -2.45. The van der Waals surface area contributed by atoms with E-state index < -0.39 is 0 Å². The second-order valence-electron chi connectivity index (χ2n) is 8.24. The number of aryl methyl sites for hydroxylation is 1. The molecule has 0 atom stereocenters. The summed E-state index contributed by atoms with van der Waals surface area (Å²) in [4.78, 5) is 30.4. The third-order valence-corrected chi connectivity index (χ3v) is 5.55. The monoisotopic (exact) mass is 434 g/mol. The summed E-state index contributed by atoms with van der Waals surface area (Å²) in [5.74, 6) is 1.16. The fraction of sp³-hybridized carbons (Fsp3) is 0.333. The number of carbonyl (C=O) groups is 1. The number of benzene rings is 1. The number of amides is 1. The number of anilines is 2. The van der Waals surface area contributed by atoms with Gasteiger partial charge >= 0.3 is 0 Å². The van der Waals surface area contributed by atoms with Crippen LogP contribution in [0, 0.1) is 12.7 Å². The van der Waals surface area contributed by atoms with Gasteiger partial charge in [-0.25, -0.2) is 9.37 Å². The Labute approximate surface area is 187 Å². The first-order chi connectivity index (χ1) is 15.4. The highest BCUT2D eigenvalue weighted by atomic mass is 19.1. The zero-order valence-electron chi connectivity index (χ0n) is 18.5. The van der Waals surface area contributed by atoms with Gasteiger partial charge in [-0.05, 0) is 44.0 Å². The minimum absolute atomic E-state index is 0.0831. The Bertz CT molecular complexity index is 1090. The quantitative estimate of drug-likeness (QED) is 0.663. The summed E-state index contributed by atoms with van der Waals surface area (Å²) < 4.78 is 13.4. The van der Waals surface area contributed by atoms with Gasteiger partial charge in [0.15, 0.2) is 0 Å². The third kappa shape index (κ3) is 5.01. The summed E-state index contributed by atoms with van der Waals surface area (Å²) in [5, 5.41) is 3.10. The number of aromatic nitrogens is 3. The molecule has 0 unspecified atom stereocenters. The van der Waals surface area contributed by atoms with Crippen LogP contribution >= 0.6 is 0 Å². The van der Waals surface area contributed by atoms with Crippen LogP contribution in [-0.2, 0) is 0 Å². The van der Waals surface area contributed by atoms with Crippen LogP contribution in [0.4, 0.5) is 16.2 Å². The smallest absolute Gasteiger partial charge is 0.253 e. The van der Waals surface area contributed by atoms with Crippen LogP contribution in [0.2, 0.25) is 0 Å². The Balaban J connectivity index is 1.35. The Hall–Kier alpha value is -3.55. The fourth-order valence-corrected chi connectivity index (χ4v) is 3.75. The Morgan fingerprint density at radius 3 is 2.56 bits per heavy atom. The molecule has 3 heterocycles. The molecule has 3 aromatic rings. The lowest BCUT2D eigenvalue weighted by molar-refractivity contribution is 0.0930. The lowest BCUT2D eigenvalue weighted by Gasteiger charge is -2.32. The SMILES string of the molecule is Cc1cc(N(C)C)nc(N2CCC(NC(=O)c3ccc(-c4cccc(F)c4)nc3)CC2)n1. The summed E-state index contributed by atoms with van der Waals surface area (Å²) in [7, 11) is 3.93. The number of nitrogens with zero attached hydrogens (tertiary/aromatic N) is 5. The molecule has 7 nitrogen and oxygen atoms in total. The second kappa shape index (κ2) is 9.30. The summed E-state index contributed by atoms with van der Waals surface area (Å²) in [6.07, 6.45) is 3.17. The molecular weight excluding hydrogens is 407 g/mol. The molecule has 32 heavy (non-hydrogen) atoms. The normalized spacial score (nSPS) is 14.3. The average molecular weight is 435 g/mol. The van der Waals surface area contributed by atoms with Crippen molar-refractivity contribution in [2.45, 2.75) is 25.8 Å². The van der Waals surface area contributed by atoms with Crippen molar-refractivity contribution in [3.63, 3.8) is 0 Å². The number of carbonyl (C=O) groups excluding carboxylic acids is 1. The molecule has 1 saturated heterocycles. The third-order valence-electron chi connectivity index (χ3n) is 5.55. The highest BCUT2D eigenvalue weighted by Gasteiger charge is 2.23. The largest absolute Gasteiger partial charge is 0.363 e. The highest BCUT2D eigenvalue weighted by molar-refractivity contribution is 5.94.